The quantitative estimate of drug-likeness (QED) is 0.457. The van der Waals surface area contributed by atoms with Gasteiger partial charge in [0.1, 0.15) is 11.6 Å². The normalized spacial score (nSPS) is 15.5. The van der Waals surface area contributed by atoms with Gasteiger partial charge in [0.2, 0.25) is 0 Å². The van der Waals surface area contributed by atoms with Gasteiger partial charge in [-0.15, -0.1) is 0 Å². The Morgan fingerprint density at radius 2 is 2.00 bits per heavy atom. The lowest BCUT2D eigenvalue weighted by Crippen LogP contribution is -2.49. The number of benzene rings is 1. The molecule has 5 nitrogen and oxygen atoms in total. The number of guanidine groups is 1. The van der Waals surface area contributed by atoms with Crippen molar-refractivity contribution in [1.29, 1.82) is 0 Å². The first-order valence-corrected chi connectivity index (χ1v) is 10.0. The van der Waals surface area contributed by atoms with Gasteiger partial charge in [-0.1, -0.05) is 18.2 Å². The van der Waals surface area contributed by atoms with Crippen LogP contribution in [0.2, 0.25) is 0 Å². The first-order chi connectivity index (χ1) is 13.6. The maximum absolute atomic E-state index is 13.2. The second kappa shape index (κ2) is 10.1. The molecule has 0 saturated carbocycles. The van der Waals surface area contributed by atoms with Crippen molar-refractivity contribution < 1.29 is 4.39 Å². The molecule has 2 aromatic rings. The predicted molar refractivity (Wildman–Crippen MR) is 113 cm³/mol. The van der Waals surface area contributed by atoms with Gasteiger partial charge < -0.3 is 15.5 Å². The van der Waals surface area contributed by atoms with Gasteiger partial charge in [-0.05, 0) is 62.4 Å². The summed E-state index contributed by atoms with van der Waals surface area (Å²) < 4.78 is 13.2. The summed E-state index contributed by atoms with van der Waals surface area (Å²) in [6.45, 7) is 4.82. The molecule has 1 fully saturated rings. The van der Waals surface area contributed by atoms with E-state index in [1.807, 2.05) is 19.1 Å². The molecule has 0 spiro atoms. The number of rotatable bonds is 6. The van der Waals surface area contributed by atoms with E-state index in [2.05, 4.69) is 37.6 Å². The highest BCUT2D eigenvalue weighted by Crippen LogP contribution is 2.18. The number of hydrogen-bond donors (Lipinski definition) is 2. The van der Waals surface area contributed by atoms with Gasteiger partial charge in [0, 0.05) is 38.4 Å². The van der Waals surface area contributed by atoms with E-state index >= 15 is 0 Å². The molecule has 2 heterocycles. The molecule has 6 heteroatoms. The van der Waals surface area contributed by atoms with Crippen molar-refractivity contribution in [3.63, 3.8) is 0 Å². The molecule has 1 aromatic heterocycles. The van der Waals surface area contributed by atoms with Crippen molar-refractivity contribution >= 4 is 11.8 Å². The van der Waals surface area contributed by atoms with Gasteiger partial charge in [0.25, 0.3) is 0 Å². The number of hydrogen-bond acceptors (Lipinski definition) is 3. The molecule has 0 atom stereocenters. The topological polar surface area (TPSA) is 52.6 Å². The second-order valence-electron chi connectivity index (χ2n) is 7.28. The molecule has 1 aliphatic rings. The number of anilines is 1. The minimum absolute atomic E-state index is 0.171. The van der Waals surface area contributed by atoms with Crippen LogP contribution in [0.1, 0.15) is 30.5 Å². The highest BCUT2D eigenvalue weighted by Gasteiger charge is 2.20. The number of aliphatic imine (C=N–C) groups is 1. The Labute approximate surface area is 167 Å². The average molecular weight is 384 g/mol. The summed E-state index contributed by atoms with van der Waals surface area (Å²) in [6.07, 6.45) is 3.89. The summed E-state index contributed by atoms with van der Waals surface area (Å²) in [4.78, 5) is 11.3. The molecule has 0 bridgehead atoms. The maximum Gasteiger partial charge on any atom is 0.191 e. The van der Waals surface area contributed by atoms with Crippen molar-refractivity contribution in [2.75, 3.05) is 31.6 Å². The van der Waals surface area contributed by atoms with Crippen LogP contribution < -0.4 is 15.5 Å². The molecule has 0 radical (unpaired) electrons. The molecule has 0 aliphatic carbocycles. The predicted octanol–water partition coefficient (Wildman–Crippen LogP) is 3.30. The van der Waals surface area contributed by atoms with E-state index in [1.54, 1.807) is 19.2 Å². The van der Waals surface area contributed by atoms with Crippen molar-refractivity contribution in [3.8, 4) is 0 Å². The van der Waals surface area contributed by atoms with E-state index < -0.39 is 0 Å². The van der Waals surface area contributed by atoms with E-state index in [0.717, 1.165) is 68.4 Å². The molecule has 3 rings (SSSR count). The lowest BCUT2D eigenvalue weighted by atomic mass is 10.1. The van der Waals surface area contributed by atoms with Gasteiger partial charge in [-0.25, -0.2) is 9.37 Å². The summed E-state index contributed by atoms with van der Waals surface area (Å²) in [7, 11) is 1.80. The monoisotopic (exact) mass is 383 g/mol. The third kappa shape index (κ3) is 5.94. The molecule has 1 aliphatic heterocycles. The number of aryl methyl sites for hydroxylation is 2. The van der Waals surface area contributed by atoms with Gasteiger partial charge >= 0.3 is 0 Å². The lowest BCUT2D eigenvalue weighted by molar-refractivity contribution is 0.459. The zero-order valence-electron chi connectivity index (χ0n) is 16.8. The summed E-state index contributed by atoms with van der Waals surface area (Å²) in [5.74, 6) is 1.74. The van der Waals surface area contributed by atoms with Crippen molar-refractivity contribution in [2.45, 2.75) is 38.6 Å². The fourth-order valence-corrected chi connectivity index (χ4v) is 3.54. The number of aromatic nitrogens is 1. The van der Waals surface area contributed by atoms with Crippen LogP contribution in [0.5, 0.6) is 0 Å². The molecule has 1 saturated heterocycles. The third-order valence-electron chi connectivity index (χ3n) is 5.08. The Morgan fingerprint density at radius 1 is 1.21 bits per heavy atom. The smallest absolute Gasteiger partial charge is 0.191 e. The fourth-order valence-electron chi connectivity index (χ4n) is 3.54. The minimum atomic E-state index is -0.171. The van der Waals surface area contributed by atoms with Gasteiger partial charge in [-0.2, -0.15) is 0 Å². The Morgan fingerprint density at radius 3 is 2.71 bits per heavy atom. The van der Waals surface area contributed by atoms with E-state index in [1.165, 1.54) is 6.07 Å². The summed E-state index contributed by atoms with van der Waals surface area (Å²) in [5, 5.41) is 6.90. The maximum atomic E-state index is 13.2. The van der Waals surface area contributed by atoms with Crippen LogP contribution in [0.4, 0.5) is 10.2 Å². The molecule has 150 valence electrons. The van der Waals surface area contributed by atoms with Gasteiger partial charge in [0.15, 0.2) is 5.96 Å². The van der Waals surface area contributed by atoms with Crippen molar-refractivity contribution in [1.82, 2.24) is 15.6 Å². The Hall–Kier alpha value is -2.63. The third-order valence-corrected chi connectivity index (χ3v) is 5.08. The van der Waals surface area contributed by atoms with Crippen LogP contribution in [-0.4, -0.2) is 43.7 Å². The molecule has 28 heavy (non-hydrogen) atoms. The Kier molecular flexibility index (Phi) is 7.23. The number of halogens is 1. The number of piperidine rings is 1. The molecule has 2 N–H and O–H groups in total. The SMILES string of the molecule is CN=C(NCCCc1cccc(F)c1)NC1CCN(c2cccc(C)n2)CC1. The van der Waals surface area contributed by atoms with Crippen LogP contribution in [0.15, 0.2) is 47.5 Å². The molecular weight excluding hydrogens is 353 g/mol. The molecular formula is C22H30FN5. The number of nitrogens with one attached hydrogen (secondary N) is 2. The highest BCUT2D eigenvalue weighted by molar-refractivity contribution is 5.79. The van der Waals surface area contributed by atoms with Crippen LogP contribution in [0, 0.1) is 12.7 Å². The van der Waals surface area contributed by atoms with Crippen molar-refractivity contribution in [2.24, 2.45) is 4.99 Å². The first-order valence-electron chi connectivity index (χ1n) is 10.0. The largest absolute Gasteiger partial charge is 0.356 e. The lowest BCUT2D eigenvalue weighted by Gasteiger charge is -2.34. The molecule has 1 aromatic carbocycles. The van der Waals surface area contributed by atoms with E-state index in [9.17, 15) is 4.39 Å². The highest BCUT2D eigenvalue weighted by atomic mass is 19.1. The van der Waals surface area contributed by atoms with Crippen LogP contribution in [-0.2, 0) is 6.42 Å². The zero-order chi connectivity index (χ0) is 19.8. The first kappa shape index (κ1) is 20.1. The fraction of sp³-hybridized carbons (Fsp3) is 0.455. The number of pyridine rings is 1. The number of nitrogens with zero attached hydrogens (tertiary/aromatic N) is 3. The Bertz CT molecular complexity index is 784. The van der Waals surface area contributed by atoms with Crippen LogP contribution >= 0.6 is 0 Å². The zero-order valence-corrected chi connectivity index (χ0v) is 16.8. The summed E-state index contributed by atoms with van der Waals surface area (Å²) >= 11 is 0. The average Bonchev–Trinajstić information content (AvgIpc) is 2.71. The minimum Gasteiger partial charge on any atom is -0.356 e. The molecule has 0 unspecified atom stereocenters. The van der Waals surface area contributed by atoms with Gasteiger partial charge in [-0.3, -0.25) is 4.99 Å². The summed E-state index contributed by atoms with van der Waals surface area (Å²) in [5.41, 5.74) is 2.09. The van der Waals surface area contributed by atoms with E-state index in [-0.39, 0.29) is 5.82 Å². The molecule has 0 amide bonds. The summed E-state index contributed by atoms with van der Waals surface area (Å²) in [6, 6.07) is 13.4. The van der Waals surface area contributed by atoms with Crippen molar-refractivity contribution in [3.05, 3.63) is 59.5 Å². The van der Waals surface area contributed by atoms with Crippen LogP contribution in [0.3, 0.4) is 0 Å². The standard InChI is InChI=1S/C22H30FN5/c1-17-6-3-10-21(26-17)28-14-11-20(12-15-28)27-22(24-2)25-13-5-8-18-7-4-9-19(23)16-18/h3-4,6-7,9-10,16,20H,5,8,11-15H2,1-2H3,(H2,24,25,27). The van der Waals surface area contributed by atoms with Crippen LogP contribution in [0.25, 0.3) is 0 Å². The van der Waals surface area contributed by atoms with E-state index in [0.29, 0.717) is 6.04 Å². The van der Waals surface area contributed by atoms with E-state index in [4.69, 9.17) is 0 Å². The second-order valence-corrected chi connectivity index (χ2v) is 7.28. The Balaban J connectivity index is 1.38. The van der Waals surface area contributed by atoms with Gasteiger partial charge in [0.05, 0.1) is 0 Å².